The van der Waals surface area contributed by atoms with E-state index in [-0.39, 0.29) is 18.4 Å². The number of carbonyl (C=O) groups excluding carboxylic acids is 2. The van der Waals surface area contributed by atoms with Crippen LogP contribution < -0.4 is 9.64 Å². The Bertz CT molecular complexity index is 800. The maximum Gasteiger partial charge on any atom is 0.311 e. The Hall–Kier alpha value is -2.82. The number of nitrogens with zero attached hydrogens (tertiary/aromatic N) is 1. The van der Waals surface area contributed by atoms with Crippen LogP contribution in [0.5, 0.6) is 5.75 Å². The predicted octanol–water partition coefficient (Wildman–Crippen LogP) is 3.15. The summed E-state index contributed by atoms with van der Waals surface area (Å²) in [4.78, 5) is 26.8. The predicted molar refractivity (Wildman–Crippen MR) is 99.3 cm³/mol. The Labute approximate surface area is 153 Å². The van der Waals surface area contributed by atoms with Gasteiger partial charge in [-0.15, -0.1) is 0 Å². The van der Waals surface area contributed by atoms with Gasteiger partial charge in [-0.05, 0) is 49.6 Å². The fourth-order valence-electron chi connectivity index (χ4n) is 3.30. The molecule has 0 saturated carbocycles. The Morgan fingerprint density at radius 3 is 2.54 bits per heavy atom. The summed E-state index contributed by atoms with van der Waals surface area (Å²) < 4.78 is 10.5. The lowest BCUT2D eigenvalue weighted by atomic mass is 10.1. The second kappa shape index (κ2) is 7.60. The van der Waals surface area contributed by atoms with Gasteiger partial charge in [-0.2, -0.15) is 0 Å². The number of methoxy groups -OCH3 is 1. The van der Waals surface area contributed by atoms with E-state index in [0.717, 1.165) is 29.0 Å². The zero-order valence-electron chi connectivity index (χ0n) is 15.3. The molecule has 136 valence electrons. The molecule has 1 heterocycles. The van der Waals surface area contributed by atoms with Gasteiger partial charge in [-0.3, -0.25) is 9.59 Å². The van der Waals surface area contributed by atoms with E-state index in [1.54, 1.807) is 31.1 Å². The maximum atomic E-state index is 12.8. The molecule has 2 atom stereocenters. The summed E-state index contributed by atoms with van der Waals surface area (Å²) in [5.41, 5.74) is 2.86. The molecule has 2 aromatic rings. The van der Waals surface area contributed by atoms with Crippen LogP contribution in [0.15, 0.2) is 48.5 Å². The average molecular weight is 353 g/mol. The molecule has 0 spiro atoms. The number of fused-ring (bicyclic) bond motifs is 1. The highest BCUT2D eigenvalue weighted by Crippen LogP contribution is 2.32. The highest BCUT2D eigenvalue weighted by Gasteiger charge is 2.34. The molecule has 0 fully saturated rings. The van der Waals surface area contributed by atoms with Crippen molar-refractivity contribution in [1.29, 1.82) is 0 Å². The van der Waals surface area contributed by atoms with Crippen LogP contribution in [0, 0.1) is 0 Å². The molecule has 0 bridgehead atoms. The average Bonchev–Trinajstić information content (AvgIpc) is 2.97. The minimum atomic E-state index is -0.825. The molecular formula is C21H23NO4. The highest BCUT2D eigenvalue weighted by atomic mass is 16.5. The molecule has 0 N–H and O–H groups in total. The minimum absolute atomic E-state index is 0.0580. The Morgan fingerprint density at radius 2 is 1.85 bits per heavy atom. The molecule has 5 heteroatoms. The van der Waals surface area contributed by atoms with E-state index in [1.807, 2.05) is 43.3 Å². The summed E-state index contributed by atoms with van der Waals surface area (Å²) in [6.45, 7) is 3.63. The van der Waals surface area contributed by atoms with Crippen molar-refractivity contribution in [2.24, 2.45) is 0 Å². The van der Waals surface area contributed by atoms with Gasteiger partial charge >= 0.3 is 5.97 Å². The summed E-state index contributed by atoms with van der Waals surface area (Å²) in [6.07, 6.45) is 0.108. The first-order valence-electron chi connectivity index (χ1n) is 8.73. The van der Waals surface area contributed by atoms with Crippen LogP contribution in [-0.2, 0) is 27.2 Å². The number of carbonyl (C=O) groups is 2. The SMILES string of the molecule is COc1ccc(CC(=O)OC(C)C(=O)N2c3ccccc3CC2C)cc1. The van der Waals surface area contributed by atoms with Gasteiger partial charge in [-0.1, -0.05) is 30.3 Å². The second-order valence-electron chi connectivity index (χ2n) is 6.55. The number of hydrogen-bond donors (Lipinski definition) is 0. The molecule has 5 nitrogen and oxygen atoms in total. The number of para-hydroxylation sites is 1. The zero-order valence-corrected chi connectivity index (χ0v) is 15.3. The van der Waals surface area contributed by atoms with E-state index >= 15 is 0 Å². The maximum absolute atomic E-state index is 12.8. The number of anilines is 1. The molecule has 3 rings (SSSR count). The van der Waals surface area contributed by atoms with Crippen molar-refractivity contribution in [3.63, 3.8) is 0 Å². The van der Waals surface area contributed by atoms with Crippen molar-refractivity contribution >= 4 is 17.6 Å². The number of benzene rings is 2. The molecule has 0 saturated heterocycles. The van der Waals surface area contributed by atoms with E-state index in [2.05, 4.69) is 0 Å². The van der Waals surface area contributed by atoms with Crippen LogP contribution in [0.2, 0.25) is 0 Å². The number of ether oxygens (including phenoxy) is 2. The van der Waals surface area contributed by atoms with Gasteiger partial charge in [-0.25, -0.2) is 0 Å². The monoisotopic (exact) mass is 353 g/mol. The highest BCUT2D eigenvalue weighted by molar-refractivity contribution is 5.99. The smallest absolute Gasteiger partial charge is 0.311 e. The van der Waals surface area contributed by atoms with Gasteiger partial charge < -0.3 is 14.4 Å². The number of amides is 1. The van der Waals surface area contributed by atoms with Crippen LogP contribution in [0.1, 0.15) is 25.0 Å². The van der Waals surface area contributed by atoms with Crippen molar-refractivity contribution in [2.45, 2.75) is 38.8 Å². The fourth-order valence-corrected chi connectivity index (χ4v) is 3.30. The Morgan fingerprint density at radius 1 is 1.15 bits per heavy atom. The lowest BCUT2D eigenvalue weighted by Crippen LogP contribution is -2.43. The molecule has 2 aromatic carbocycles. The summed E-state index contributed by atoms with van der Waals surface area (Å²) in [7, 11) is 1.59. The fraction of sp³-hybridized carbons (Fsp3) is 0.333. The van der Waals surface area contributed by atoms with Crippen LogP contribution in [0.25, 0.3) is 0 Å². The first kappa shape index (κ1) is 18.0. The Balaban J connectivity index is 1.62. The van der Waals surface area contributed by atoms with Gasteiger partial charge in [0, 0.05) is 11.7 Å². The molecule has 1 amide bonds. The zero-order chi connectivity index (χ0) is 18.7. The summed E-state index contributed by atoms with van der Waals surface area (Å²) >= 11 is 0. The third-order valence-electron chi connectivity index (χ3n) is 4.61. The molecule has 1 aliphatic rings. The van der Waals surface area contributed by atoms with Crippen LogP contribution >= 0.6 is 0 Å². The van der Waals surface area contributed by atoms with E-state index in [4.69, 9.17) is 9.47 Å². The first-order chi connectivity index (χ1) is 12.5. The number of rotatable bonds is 5. The topological polar surface area (TPSA) is 55.8 Å². The molecule has 0 radical (unpaired) electrons. The number of esters is 1. The lowest BCUT2D eigenvalue weighted by Gasteiger charge is -2.26. The molecule has 1 aliphatic heterocycles. The standard InChI is InChI=1S/C21H23NO4/c1-14-12-17-6-4-5-7-19(17)22(14)21(24)15(2)26-20(23)13-16-8-10-18(25-3)11-9-16/h4-11,14-15H,12-13H2,1-3H3. The number of hydrogen-bond acceptors (Lipinski definition) is 4. The third-order valence-corrected chi connectivity index (χ3v) is 4.61. The quantitative estimate of drug-likeness (QED) is 0.775. The molecular weight excluding hydrogens is 330 g/mol. The normalized spacial score (nSPS) is 16.7. The van der Waals surface area contributed by atoms with Crippen molar-refractivity contribution in [3.05, 3.63) is 59.7 Å². The minimum Gasteiger partial charge on any atom is -0.497 e. The molecule has 0 aromatic heterocycles. The molecule has 26 heavy (non-hydrogen) atoms. The summed E-state index contributed by atoms with van der Waals surface area (Å²) in [5.74, 6) is 0.119. The van der Waals surface area contributed by atoms with Gasteiger partial charge in [0.2, 0.25) is 0 Å². The van der Waals surface area contributed by atoms with Crippen LogP contribution in [-0.4, -0.2) is 31.1 Å². The van der Waals surface area contributed by atoms with E-state index < -0.39 is 12.1 Å². The molecule has 0 aliphatic carbocycles. The second-order valence-corrected chi connectivity index (χ2v) is 6.55. The van der Waals surface area contributed by atoms with E-state index in [9.17, 15) is 9.59 Å². The van der Waals surface area contributed by atoms with Gasteiger partial charge in [0.25, 0.3) is 5.91 Å². The first-order valence-corrected chi connectivity index (χ1v) is 8.73. The lowest BCUT2D eigenvalue weighted by molar-refractivity contribution is -0.153. The molecule has 2 unspecified atom stereocenters. The van der Waals surface area contributed by atoms with Crippen LogP contribution in [0.3, 0.4) is 0 Å². The largest absolute Gasteiger partial charge is 0.497 e. The van der Waals surface area contributed by atoms with E-state index in [1.165, 1.54) is 0 Å². The van der Waals surface area contributed by atoms with Gasteiger partial charge in [0.1, 0.15) is 5.75 Å². The van der Waals surface area contributed by atoms with Crippen molar-refractivity contribution in [3.8, 4) is 5.75 Å². The van der Waals surface area contributed by atoms with E-state index in [0.29, 0.717) is 0 Å². The third kappa shape index (κ3) is 3.72. The van der Waals surface area contributed by atoms with Crippen molar-refractivity contribution in [2.75, 3.05) is 12.0 Å². The Kier molecular flexibility index (Phi) is 5.26. The van der Waals surface area contributed by atoms with Crippen molar-refractivity contribution in [1.82, 2.24) is 0 Å². The summed E-state index contributed by atoms with van der Waals surface area (Å²) in [5, 5.41) is 0. The van der Waals surface area contributed by atoms with Gasteiger partial charge in [0.15, 0.2) is 6.10 Å². The summed E-state index contributed by atoms with van der Waals surface area (Å²) in [6, 6.07) is 15.1. The van der Waals surface area contributed by atoms with Gasteiger partial charge in [0.05, 0.1) is 13.5 Å². The van der Waals surface area contributed by atoms with Crippen molar-refractivity contribution < 1.29 is 19.1 Å². The van der Waals surface area contributed by atoms with Crippen LogP contribution in [0.4, 0.5) is 5.69 Å².